The van der Waals surface area contributed by atoms with E-state index in [-0.39, 0.29) is 24.0 Å². The summed E-state index contributed by atoms with van der Waals surface area (Å²) in [7, 11) is 0. The van der Waals surface area contributed by atoms with Gasteiger partial charge in [-0.15, -0.1) is 13.2 Å². The molecule has 0 aliphatic carbocycles. The van der Waals surface area contributed by atoms with Crippen LogP contribution in [0.4, 0.5) is 13.2 Å². The smallest absolute Gasteiger partial charge is 0.464 e. The fourth-order valence-corrected chi connectivity index (χ4v) is 4.13. The Kier molecular flexibility index (Phi) is 11.0. The van der Waals surface area contributed by atoms with E-state index in [1.165, 1.54) is 18.2 Å². The van der Waals surface area contributed by atoms with Crippen LogP contribution in [0.15, 0.2) is 24.3 Å². The highest BCUT2D eigenvalue weighted by Crippen LogP contribution is 2.24. The van der Waals surface area contributed by atoms with Gasteiger partial charge in [-0.25, -0.2) is 4.79 Å². The lowest BCUT2D eigenvalue weighted by molar-refractivity contribution is -0.274. The van der Waals surface area contributed by atoms with Crippen molar-refractivity contribution in [3.05, 3.63) is 29.8 Å². The highest BCUT2D eigenvalue weighted by atomic mass is 19.4. The van der Waals surface area contributed by atoms with Crippen LogP contribution in [0.2, 0.25) is 0 Å². The molecule has 0 bridgehead atoms. The molecule has 2 atom stereocenters. The van der Waals surface area contributed by atoms with Crippen molar-refractivity contribution in [2.45, 2.75) is 89.6 Å². The van der Waals surface area contributed by atoms with Gasteiger partial charge in [-0.3, -0.25) is 4.79 Å². The number of carbonyl (C=O) groups excluding carboxylic acids is 2. The number of likely N-dealkylation sites (tertiary alicyclic amines) is 1. The third-order valence-electron chi connectivity index (χ3n) is 5.66. The van der Waals surface area contributed by atoms with Gasteiger partial charge in [0, 0.05) is 13.0 Å². The molecule has 1 aliphatic rings. The van der Waals surface area contributed by atoms with E-state index >= 15 is 0 Å². The third kappa shape index (κ3) is 10.0. The number of hydrogen-bond donors (Lipinski definition) is 1. The van der Waals surface area contributed by atoms with E-state index in [1.807, 2.05) is 0 Å². The monoisotopic (exact) mass is 473 g/mol. The fourth-order valence-electron chi connectivity index (χ4n) is 4.13. The van der Waals surface area contributed by atoms with Crippen LogP contribution in [-0.2, 0) is 20.7 Å². The van der Waals surface area contributed by atoms with Crippen molar-refractivity contribution in [3.63, 3.8) is 0 Å². The van der Waals surface area contributed by atoms with Crippen LogP contribution in [0.5, 0.6) is 5.75 Å². The molecular formula is C24H34F3NO5. The predicted octanol–water partition coefficient (Wildman–Crippen LogP) is 4.77. The minimum atomic E-state index is -4.74. The van der Waals surface area contributed by atoms with Gasteiger partial charge in [0.25, 0.3) is 0 Å². The number of esters is 1. The largest absolute Gasteiger partial charge is 0.573 e. The minimum absolute atomic E-state index is 0.0116. The Morgan fingerprint density at radius 1 is 1.15 bits per heavy atom. The Morgan fingerprint density at radius 2 is 1.85 bits per heavy atom. The van der Waals surface area contributed by atoms with Crippen molar-refractivity contribution < 1.29 is 37.3 Å². The zero-order valence-electron chi connectivity index (χ0n) is 19.1. The first-order valence-electron chi connectivity index (χ1n) is 11.7. The Balaban J connectivity index is 1.64. The molecule has 0 radical (unpaired) electrons. The molecule has 6 nitrogen and oxygen atoms in total. The number of aliphatic hydroxyl groups is 1. The molecule has 0 aromatic heterocycles. The highest BCUT2D eigenvalue weighted by Gasteiger charge is 2.33. The van der Waals surface area contributed by atoms with Gasteiger partial charge in [0.05, 0.1) is 12.7 Å². The van der Waals surface area contributed by atoms with Crippen molar-refractivity contribution in [1.82, 2.24) is 4.90 Å². The lowest BCUT2D eigenvalue weighted by atomic mass is 10.0. The number of carbonyl (C=O) groups is 2. The van der Waals surface area contributed by atoms with Gasteiger partial charge in [-0.1, -0.05) is 44.2 Å². The summed E-state index contributed by atoms with van der Waals surface area (Å²) in [6, 6.07) is 5.16. The average molecular weight is 474 g/mol. The summed E-state index contributed by atoms with van der Waals surface area (Å²) < 4.78 is 46.0. The van der Waals surface area contributed by atoms with Crippen LogP contribution in [0.1, 0.15) is 70.3 Å². The first kappa shape index (κ1) is 27.0. The van der Waals surface area contributed by atoms with Crippen LogP contribution >= 0.6 is 0 Å². The third-order valence-corrected chi connectivity index (χ3v) is 5.66. The molecule has 1 aliphatic heterocycles. The van der Waals surface area contributed by atoms with E-state index in [0.717, 1.165) is 38.5 Å². The summed E-state index contributed by atoms with van der Waals surface area (Å²) >= 11 is 0. The molecule has 1 aromatic rings. The number of nitrogens with zero attached hydrogens (tertiary/aromatic N) is 1. The van der Waals surface area contributed by atoms with Gasteiger partial charge in [0.1, 0.15) is 11.8 Å². The molecule has 1 amide bonds. The summed E-state index contributed by atoms with van der Waals surface area (Å²) in [5.74, 6) is -0.609. The maximum atomic E-state index is 12.3. The van der Waals surface area contributed by atoms with Crippen molar-refractivity contribution in [2.24, 2.45) is 0 Å². The van der Waals surface area contributed by atoms with Gasteiger partial charge < -0.3 is 19.5 Å². The Bertz CT molecular complexity index is 756. The Labute approximate surface area is 193 Å². The van der Waals surface area contributed by atoms with Gasteiger partial charge in [0.15, 0.2) is 0 Å². The van der Waals surface area contributed by atoms with Crippen LogP contribution in [-0.4, -0.2) is 53.5 Å². The normalized spacial score (nSPS) is 16.0. The second-order valence-electron chi connectivity index (χ2n) is 8.36. The van der Waals surface area contributed by atoms with Crippen molar-refractivity contribution >= 4 is 11.9 Å². The number of amides is 1. The highest BCUT2D eigenvalue weighted by molar-refractivity contribution is 5.85. The van der Waals surface area contributed by atoms with Gasteiger partial charge in [-0.05, 0) is 50.3 Å². The molecule has 33 heavy (non-hydrogen) atoms. The second kappa shape index (κ2) is 13.4. The van der Waals surface area contributed by atoms with E-state index < -0.39 is 18.5 Å². The number of unbranched alkanes of at least 4 members (excludes halogenated alkanes) is 4. The molecule has 1 aromatic carbocycles. The first-order chi connectivity index (χ1) is 15.7. The van der Waals surface area contributed by atoms with Gasteiger partial charge >= 0.3 is 12.3 Å². The quantitative estimate of drug-likeness (QED) is 0.311. The zero-order chi connectivity index (χ0) is 24.3. The van der Waals surface area contributed by atoms with Crippen molar-refractivity contribution in [2.75, 3.05) is 13.2 Å². The number of hydrogen-bond acceptors (Lipinski definition) is 5. The summed E-state index contributed by atoms with van der Waals surface area (Å²) in [5, 5.41) is 10.2. The Hall–Kier alpha value is -2.29. The van der Waals surface area contributed by atoms with Crippen LogP contribution < -0.4 is 4.74 Å². The Morgan fingerprint density at radius 3 is 2.48 bits per heavy atom. The topological polar surface area (TPSA) is 76.1 Å². The average Bonchev–Trinajstić information content (AvgIpc) is 3.14. The number of benzene rings is 1. The molecular weight excluding hydrogens is 439 g/mol. The minimum Gasteiger partial charge on any atom is -0.464 e. The molecule has 2 rings (SSSR count). The first-order valence-corrected chi connectivity index (χ1v) is 11.7. The predicted molar refractivity (Wildman–Crippen MR) is 117 cm³/mol. The SMILES string of the molecule is CCOC(=O)C(CCCCCCC[C@@H](O)Cc1cccc(OC(F)(F)F)c1)N1CCCC1=O. The summed E-state index contributed by atoms with van der Waals surface area (Å²) in [6.07, 6.45) is 1.64. The molecule has 1 heterocycles. The van der Waals surface area contributed by atoms with E-state index in [4.69, 9.17) is 4.74 Å². The van der Waals surface area contributed by atoms with Crippen LogP contribution in [0.3, 0.4) is 0 Å². The number of rotatable bonds is 14. The lowest BCUT2D eigenvalue weighted by Gasteiger charge is -2.26. The molecule has 1 unspecified atom stereocenters. The summed E-state index contributed by atoms with van der Waals surface area (Å²) in [5.41, 5.74) is 0.589. The van der Waals surface area contributed by atoms with E-state index in [1.54, 1.807) is 17.9 Å². The number of alkyl halides is 3. The molecule has 1 saturated heterocycles. The maximum absolute atomic E-state index is 12.3. The molecule has 1 fully saturated rings. The van der Waals surface area contributed by atoms with Gasteiger partial charge in [-0.2, -0.15) is 0 Å². The van der Waals surface area contributed by atoms with Crippen LogP contribution in [0.25, 0.3) is 0 Å². The van der Waals surface area contributed by atoms with E-state index in [0.29, 0.717) is 38.0 Å². The van der Waals surface area contributed by atoms with Crippen molar-refractivity contribution in [3.8, 4) is 5.75 Å². The lowest BCUT2D eigenvalue weighted by Crippen LogP contribution is -2.42. The second-order valence-corrected chi connectivity index (χ2v) is 8.36. The molecule has 186 valence electrons. The van der Waals surface area contributed by atoms with E-state index in [2.05, 4.69) is 4.74 Å². The molecule has 9 heteroatoms. The fraction of sp³-hybridized carbons (Fsp3) is 0.667. The zero-order valence-corrected chi connectivity index (χ0v) is 19.1. The summed E-state index contributed by atoms with van der Waals surface area (Å²) in [6.45, 7) is 2.65. The van der Waals surface area contributed by atoms with Crippen LogP contribution in [0, 0.1) is 0 Å². The number of halogens is 3. The standard InChI is InChI=1S/C24H34F3NO5/c1-2-32-23(31)21(28-15-9-14-22(28)30)13-7-5-3-4-6-11-19(29)16-18-10-8-12-20(17-18)33-24(25,26)27/h8,10,12,17,19,21,29H,2-7,9,11,13-16H2,1H3/t19-,21?/m1/s1. The van der Waals surface area contributed by atoms with Gasteiger partial charge in [0.2, 0.25) is 5.91 Å². The number of aliphatic hydroxyl groups excluding tert-OH is 1. The molecule has 0 saturated carbocycles. The summed E-state index contributed by atoms with van der Waals surface area (Å²) in [4.78, 5) is 25.9. The number of ether oxygens (including phenoxy) is 2. The maximum Gasteiger partial charge on any atom is 0.573 e. The van der Waals surface area contributed by atoms with Crippen molar-refractivity contribution in [1.29, 1.82) is 0 Å². The molecule has 1 N–H and O–H groups in total. The van der Waals surface area contributed by atoms with E-state index in [9.17, 15) is 27.9 Å². The molecule has 0 spiro atoms.